The molecule has 0 saturated heterocycles. The van der Waals surface area contributed by atoms with Crippen LogP contribution < -0.4 is 10.6 Å². The maximum absolute atomic E-state index is 13.0. The second-order valence-corrected chi connectivity index (χ2v) is 4.32. The average molecular weight is 273 g/mol. The normalized spacial score (nSPS) is 10.1. The lowest BCUT2D eigenvalue weighted by molar-refractivity contribution is 0.0958. The van der Waals surface area contributed by atoms with Gasteiger partial charge < -0.3 is 10.6 Å². The van der Waals surface area contributed by atoms with Gasteiger partial charge in [0.15, 0.2) is 0 Å². The number of nitrogens with zero attached hydrogens (tertiary/aromatic N) is 1. The molecule has 1 amide bonds. The molecular weight excluding hydrogens is 257 g/mol. The lowest BCUT2D eigenvalue weighted by Crippen LogP contribution is -2.19. The smallest absolute Gasteiger partial charge is 0.269 e. The van der Waals surface area contributed by atoms with Crippen LogP contribution in [0.4, 0.5) is 10.1 Å². The number of rotatable bonds is 5. The van der Waals surface area contributed by atoms with Crippen molar-refractivity contribution in [2.45, 2.75) is 6.42 Å². The fourth-order valence-electron chi connectivity index (χ4n) is 1.84. The first-order chi connectivity index (χ1) is 9.69. The zero-order valence-corrected chi connectivity index (χ0v) is 11.2. The second kappa shape index (κ2) is 6.65. The molecule has 2 aromatic rings. The first-order valence-electron chi connectivity index (χ1n) is 6.35. The first kappa shape index (κ1) is 14.0. The number of hydrogen-bond acceptors (Lipinski definition) is 3. The molecule has 0 spiro atoms. The van der Waals surface area contributed by atoms with Crippen LogP contribution in [-0.4, -0.2) is 24.5 Å². The van der Waals surface area contributed by atoms with Gasteiger partial charge >= 0.3 is 0 Å². The summed E-state index contributed by atoms with van der Waals surface area (Å²) in [5, 5.41) is 5.72. The monoisotopic (exact) mass is 273 g/mol. The lowest BCUT2D eigenvalue weighted by atomic mass is 10.1. The SMILES string of the molecule is CNC(=O)c1cc(NCCc2cccc(F)c2)ccn1. The van der Waals surface area contributed by atoms with E-state index in [0.717, 1.165) is 11.3 Å². The van der Waals surface area contributed by atoms with E-state index >= 15 is 0 Å². The van der Waals surface area contributed by atoms with Crippen molar-refractivity contribution < 1.29 is 9.18 Å². The largest absolute Gasteiger partial charge is 0.385 e. The molecule has 2 N–H and O–H groups in total. The minimum Gasteiger partial charge on any atom is -0.385 e. The van der Waals surface area contributed by atoms with Crippen LogP contribution >= 0.6 is 0 Å². The molecule has 104 valence electrons. The summed E-state index contributed by atoms with van der Waals surface area (Å²) in [7, 11) is 1.56. The van der Waals surface area contributed by atoms with E-state index in [0.29, 0.717) is 18.7 Å². The van der Waals surface area contributed by atoms with E-state index in [-0.39, 0.29) is 11.7 Å². The maximum atomic E-state index is 13.0. The van der Waals surface area contributed by atoms with Gasteiger partial charge in [0.25, 0.3) is 5.91 Å². The van der Waals surface area contributed by atoms with Crippen LogP contribution in [0, 0.1) is 5.82 Å². The Bertz CT molecular complexity index is 601. The van der Waals surface area contributed by atoms with Gasteiger partial charge in [-0.25, -0.2) is 4.39 Å². The van der Waals surface area contributed by atoms with Crippen molar-refractivity contribution in [3.8, 4) is 0 Å². The van der Waals surface area contributed by atoms with Gasteiger partial charge in [0, 0.05) is 25.5 Å². The predicted molar refractivity (Wildman–Crippen MR) is 76.2 cm³/mol. The third-order valence-electron chi connectivity index (χ3n) is 2.85. The molecule has 20 heavy (non-hydrogen) atoms. The molecule has 0 aliphatic carbocycles. The van der Waals surface area contributed by atoms with E-state index in [2.05, 4.69) is 15.6 Å². The fraction of sp³-hybridized carbons (Fsp3) is 0.200. The van der Waals surface area contributed by atoms with E-state index in [4.69, 9.17) is 0 Å². The van der Waals surface area contributed by atoms with Crippen LogP contribution in [0.25, 0.3) is 0 Å². The van der Waals surface area contributed by atoms with Crippen LogP contribution in [0.3, 0.4) is 0 Å². The summed E-state index contributed by atoms with van der Waals surface area (Å²) in [6, 6.07) is 10.00. The Labute approximate surface area is 117 Å². The van der Waals surface area contributed by atoms with Crippen LogP contribution in [0.2, 0.25) is 0 Å². The number of halogens is 1. The number of carbonyl (C=O) groups excluding carboxylic acids is 1. The number of carbonyl (C=O) groups is 1. The molecule has 0 fully saturated rings. The molecule has 1 aromatic carbocycles. The maximum Gasteiger partial charge on any atom is 0.269 e. The number of pyridine rings is 1. The third-order valence-corrected chi connectivity index (χ3v) is 2.85. The fourth-order valence-corrected chi connectivity index (χ4v) is 1.84. The van der Waals surface area contributed by atoms with Crippen LogP contribution in [-0.2, 0) is 6.42 Å². The highest BCUT2D eigenvalue weighted by molar-refractivity contribution is 5.92. The zero-order chi connectivity index (χ0) is 14.4. The summed E-state index contributed by atoms with van der Waals surface area (Å²) in [6.45, 7) is 0.653. The molecule has 2 rings (SSSR count). The van der Waals surface area contributed by atoms with E-state index in [1.807, 2.05) is 6.07 Å². The van der Waals surface area contributed by atoms with E-state index < -0.39 is 0 Å². The lowest BCUT2D eigenvalue weighted by Gasteiger charge is -2.07. The van der Waals surface area contributed by atoms with Gasteiger partial charge in [-0.1, -0.05) is 12.1 Å². The van der Waals surface area contributed by atoms with Crippen molar-refractivity contribution in [3.05, 3.63) is 59.7 Å². The Morgan fingerprint density at radius 3 is 2.90 bits per heavy atom. The summed E-state index contributed by atoms with van der Waals surface area (Å²) < 4.78 is 13.0. The van der Waals surface area contributed by atoms with Gasteiger partial charge in [-0.3, -0.25) is 9.78 Å². The van der Waals surface area contributed by atoms with Crippen molar-refractivity contribution in [1.82, 2.24) is 10.3 Å². The quantitative estimate of drug-likeness (QED) is 0.878. The highest BCUT2D eigenvalue weighted by Crippen LogP contribution is 2.09. The highest BCUT2D eigenvalue weighted by Gasteiger charge is 2.05. The van der Waals surface area contributed by atoms with Gasteiger partial charge in [-0.05, 0) is 36.2 Å². The minimum absolute atomic E-state index is 0.223. The number of hydrogen-bond donors (Lipinski definition) is 2. The number of benzene rings is 1. The molecule has 0 unspecified atom stereocenters. The Hall–Kier alpha value is -2.43. The van der Waals surface area contributed by atoms with Crippen molar-refractivity contribution in [2.24, 2.45) is 0 Å². The summed E-state index contributed by atoms with van der Waals surface area (Å²) in [5.41, 5.74) is 2.11. The second-order valence-electron chi connectivity index (χ2n) is 4.32. The number of nitrogens with one attached hydrogen (secondary N) is 2. The Morgan fingerprint density at radius 2 is 2.15 bits per heavy atom. The van der Waals surface area contributed by atoms with Gasteiger partial charge in [0.1, 0.15) is 11.5 Å². The highest BCUT2D eigenvalue weighted by atomic mass is 19.1. The van der Waals surface area contributed by atoms with Crippen LogP contribution in [0.15, 0.2) is 42.6 Å². The average Bonchev–Trinajstić information content (AvgIpc) is 2.47. The van der Waals surface area contributed by atoms with Gasteiger partial charge in [0.2, 0.25) is 0 Å². The standard InChI is InChI=1S/C15H16FN3O/c1-17-15(20)14-10-13(6-8-19-14)18-7-5-11-3-2-4-12(16)9-11/h2-4,6,8-10H,5,7H2,1H3,(H,17,20)(H,18,19). The zero-order valence-electron chi connectivity index (χ0n) is 11.2. The molecule has 0 radical (unpaired) electrons. The number of aromatic nitrogens is 1. The molecule has 0 saturated carbocycles. The molecular formula is C15H16FN3O. The van der Waals surface area contributed by atoms with Crippen LogP contribution in [0.1, 0.15) is 16.1 Å². The Balaban J connectivity index is 1.92. The molecule has 5 heteroatoms. The third kappa shape index (κ3) is 3.78. The summed E-state index contributed by atoms with van der Waals surface area (Å²) in [6.07, 6.45) is 2.28. The summed E-state index contributed by atoms with van der Waals surface area (Å²) in [4.78, 5) is 15.4. The van der Waals surface area contributed by atoms with Crippen molar-refractivity contribution in [1.29, 1.82) is 0 Å². The molecule has 0 aliphatic heterocycles. The number of amides is 1. The molecule has 0 atom stereocenters. The molecule has 1 aromatic heterocycles. The van der Waals surface area contributed by atoms with Gasteiger partial charge in [-0.15, -0.1) is 0 Å². The minimum atomic E-state index is -0.228. The summed E-state index contributed by atoms with van der Waals surface area (Å²) in [5.74, 6) is -0.452. The number of anilines is 1. The predicted octanol–water partition coefficient (Wildman–Crippen LogP) is 2.23. The molecule has 4 nitrogen and oxygen atoms in total. The van der Waals surface area contributed by atoms with Crippen molar-refractivity contribution in [2.75, 3.05) is 18.9 Å². The van der Waals surface area contributed by atoms with E-state index in [1.165, 1.54) is 12.1 Å². The van der Waals surface area contributed by atoms with Crippen molar-refractivity contribution in [3.63, 3.8) is 0 Å². The van der Waals surface area contributed by atoms with Crippen LogP contribution in [0.5, 0.6) is 0 Å². The van der Waals surface area contributed by atoms with Crippen molar-refractivity contribution >= 4 is 11.6 Å². The first-order valence-corrected chi connectivity index (χ1v) is 6.35. The Morgan fingerprint density at radius 1 is 1.30 bits per heavy atom. The van der Waals surface area contributed by atoms with Gasteiger partial charge in [-0.2, -0.15) is 0 Å². The topological polar surface area (TPSA) is 54.0 Å². The summed E-state index contributed by atoms with van der Waals surface area (Å²) >= 11 is 0. The molecule has 0 aliphatic rings. The Kier molecular flexibility index (Phi) is 4.65. The molecule has 1 heterocycles. The van der Waals surface area contributed by atoms with E-state index in [1.54, 1.807) is 31.4 Å². The van der Waals surface area contributed by atoms with Gasteiger partial charge in [0.05, 0.1) is 0 Å². The van der Waals surface area contributed by atoms with E-state index in [9.17, 15) is 9.18 Å². The molecule has 0 bridgehead atoms.